The third kappa shape index (κ3) is 5.13. The third-order valence-corrected chi connectivity index (χ3v) is 9.26. The third-order valence-electron chi connectivity index (χ3n) is 7.25. The number of imidazole rings is 1. The first-order valence-corrected chi connectivity index (χ1v) is 15.8. The van der Waals surface area contributed by atoms with E-state index < -0.39 is 84.2 Å². The molecule has 24 heteroatoms. The van der Waals surface area contributed by atoms with Gasteiger partial charge in [0.2, 0.25) is 0 Å². The molecule has 7 rings (SSSR count). The second-order valence-electron chi connectivity index (χ2n) is 9.97. The van der Waals surface area contributed by atoms with Gasteiger partial charge >= 0.3 is 16.3 Å². The number of rotatable bonds is 2. The molecule has 3 aliphatic rings. The Bertz CT molecular complexity index is 1750. The number of aliphatic hydroxyl groups is 2. The topological polar surface area (TPSA) is 310 Å². The number of nitrogens with one attached hydrogen (secondary N) is 1. The highest BCUT2D eigenvalue weighted by Crippen LogP contribution is 2.60. The molecule has 7 heterocycles. The highest BCUT2D eigenvalue weighted by atomic mass is 31.2. The van der Waals surface area contributed by atoms with Crippen molar-refractivity contribution in [1.82, 2.24) is 39.3 Å². The molecule has 2 bridgehead atoms. The van der Waals surface area contributed by atoms with Gasteiger partial charge in [-0.1, -0.05) is 0 Å². The maximum atomic E-state index is 12.2. The summed E-state index contributed by atoms with van der Waals surface area (Å²) in [6.07, 6.45) is -7.27. The van der Waals surface area contributed by atoms with Crippen LogP contribution in [0.4, 0.5) is 5.82 Å². The van der Waals surface area contributed by atoms with Crippen molar-refractivity contribution in [3.63, 3.8) is 0 Å². The van der Waals surface area contributed by atoms with Crippen molar-refractivity contribution in [3.05, 3.63) is 35.5 Å². The molecule has 0 unspecified atom stereocenters. The highest BCUT2D eigenvalue weighted by Gasteiger charge is 2.60. The van der Waals surface area contributed by atoms with Gasteiger partial charge in [-0.3, -0.25) is 9.36 Å². The van der Waals surface area contributed by atoms with Crippen molar-refractivity contribution >= 4 is 44.4 Å². The Morgan fingerprint density at radius 2 is 1.59 bits per heavy atom. The molecule has 3 aliphatic heterocycles. The maximum Gasteiger partial charge on any atom is 0.570 e. The smallest absolute Gasteiger partial charge is 0.387 e. The standard InChI is InChI=1S/C20H24N9O13P2/c21-15-10-17(24-4-22-15)28(6-26-10)19-12(31)13-9(40-19)3-38-44(35,36)42-14-11(30)8(2-37-43(33,34)41-13)39-20(14)29-16-7(1-27-29)18(32)25-5-23-16/h1,4-6,8-9,11-14,19-20,30-31,33-36H,2-3H2,(H2-,21,22,23,24,25,27,32)/q+1/p+1/t8-,9-,11-,12-,13-,14-,19-,20-/m1/s1. The Hall–Kier alpha value is -2.92. The number of aromatic nitrogens is 8. The molecule has 9 N–H and O–H groups in total. The van der Waals surface area contributed by atoms with Gasteiger partial charge in [0.05, 0.1) is 18.9 Å². The van der Waals surface area contributed by atoms with Crippen LogP contribution in [-0.4, -0.2) is 119 Å². The number of nitrogen functional groups attached to an aromatic ring is 1. The van der Waals surface area contributed by atoms with E-state index in [2.05, 4.69) is 30.0 Å². The maximum absolute atomic E-state index is 12.2. The molecule has 0 aromatic carbocycles. The summed E-state index contributed by atoms with van der Waals surface area (Å²) in [4.78, 5) is 73.6. The summed E-state index contributed by atoms with van der Waals surface area (Å²) < 4.78 is 35.4. The molecule has 0 radical (unpaired) electrons. The number of fused-ring (bicyclic) bond motifs is 5. The Labute approximate surface area is 244 Å². The summed E-state index contributed by atoms with van der Waals surface area (Å²) in [7, 11) is -9.60. The Balaban J connectivity index is 1.20. The predicted octanol–water partition coefficient (Wildman–Crippen LogP) is -2.80. The van der Waals surface area contributed by atoms with Crippen molar-refractivity contribution in [3.8, 4) is 0 Å². The van der Waals surface area contributed by atoms with Gasteiger partial charge in [-0.05, 0) is 0 Å². The van der Waals surface area contributed by atoms with Gasteiger partial charge in [-0.25, -0.2) is 24.6 Å². The predicted molar refractivity (Wildman–Crippen MR) is 142 cm³/mol. The lowest BCUT2D eigenvalue weighted by Gasteiger charge is -2.22. The zero-order valence-corrected chi connectivity index (χ0v) is 23.8. The van der Waals surface area contributed by atoms with Gasteiger partial charge in [0, 0.05) is 0 Å². The van der Waals surface area contributed by atoms with E-state index in [-0.39, 0.29) is 28.0 Å². The molecule has 3 saturated heterocycles. The molecule has 4 aromatic rings. The van der Waals surface area contributed by atoms with Crippen molar-refractivity contribution in [2.45, 2.75) is 49.1 Å². The largest absolute Gasteiger partial charge is 0.570 e. The fourth-order valence-electron chi connectivity index (χ4n) is 5.22. The molecule has 0 aliphatic carbocycles. The minimum Gasteiger partial charge on any atom is -0.387 e. The molecule has 0 spiro atoms. The summed E-state index contributed by atoms with van der Waals surface area (Å²) in [6, 6.07) is 0. The number of nitrogens with two attached hydrogens (primary N) is 1. The normalized spacial score (nSPS) is 34.0. The first kappa shape index (κ1) is 29.8. The quantitative estimate of drug-likeness (QED) is 0.101. The summed E-state index contributed by atoms with van der Waals surface area (Å²) in [5.74, 6) is 0.0581. The molecular formula is C20H25N9O13P2+2. The monoisotopic (exact) mass is 661 g/mol. The van der Waals surface area contributed by atoms with Crippen LogP contribution in [0.15, 0.2) is 30.0 Å². The second kappa shape index (κ2) is 10.9. The lowest BCUT2D eigenvalue weighted by Crippen LogP contribution is -2.37. The highest BCUT2D eigenvalue weighted by molar-refractivity contribution is 7.54. The van der Waals surface area contributed by atoms with Crippen molar-refractivity contribution in [2.24, 2.45) is 0 Å². The van der Waals surface area contributed by atoms with Gasteiger partial charge in [0.25, 0.3) is 5.56 Å². The Morgan fingerprint density at radius 1 is 0.886 bits per heavy atom. The van der Waals surface area contributed by atoms with Crippen LogP contribution in [-0.2, 0) is 27.6 Å². The first-order valence-electron chi connectivity index (χ1n) is 12.8. The average molecular weight is 661 g/mol. The summed E-state index contributed by atoms with van der Waals surface area (Å²) in [5, 5.41) is 26.3. The van der Waals surface area contributed by atoms with Gasteiger partial charge < -0.3 is 30.4 Å². The van der Waals surface area contributed by atoms with Gasteiger partial charge in [-0.2, -0.15) is 33.7 Å². The number of ether oxygens (including phenoxy) is 2. The molecule has 4 aromatic heterocycles. The molecule has 3 fully saturated rings. The van der Waals surface area contributed by atoms with E-state index in [1.54, 1.807) is 0 Å². The van der Waals surface area contributed by atoms with E-state index in [4.69, 9.17) is 33.3 Å². The molecule has 236 valence electrons. The first-order chi connectivity index (χ1) is 20.9. The van der Waals surface area contributed by atoms with E-state index in [0.29, 0.717) is 0 Å². The number of aliphatic hydroxyl groups excluding tert-OH is 2. The van der Waals surface area contributed by atoms with Gasteiger partial charge in [0.15, 0.2) is 41.8 Å². The lowest BCUT2D eigenvalue weighted by molar-refractivity contribution is -0.0773. The molecule has 0 saturated carbocycles. The number of hydrogen-bond acceptors (Lipinski definition) is 19. The van der Waals surface area contributed by atoms with Crippen LogP contribution in [0.3, 0.4) is 0 Å². The Kier molecular flexibility index (Phi) is 7.35. The molecular weight excluding hydrogens is 636 g/mol. The number of hydrogen-bond donors (Lipinski definition) is 8. The molecule has 22 nitrogen and oxygen atoms in total. The van der Waals surface area contributed by atoms with Crippen molar-refractivity contribution in [1.29, 1.82) is 0 Å². The average Bonchev–Trinajstić information content (AvgIpc) is 3.73. The number of anilines is 1. The number of H-pyrrole nitrogens is 1. The van der Waals surface area contributed by atoms with Crippen LogP contribution in [0.1, 0.15) is 12.5 Å². The minimum atomic E-state index is -4.82. The van der Waals surface area contributed by atoms with Crippen molar-refractivity contribution < 1.29 is 57.4 Å². The van der Waals surface area contributed by atoms with Crippen molar-refractivity contribution in [2.75, 3.05) is 18.9 Å². The summed E-state index contributed by atoms with van der Waals surface area (Å²) in [5.41, 5.74) is 5.71. The van der Waals surface area contributed by atoms with Crippen LogP contribution >= 0.6 is 16.3 Å². The van der Waals surface area contributed by atoms with Crippen LogP contribution in [0, 0.1) is 0 Å². The summed E-state index contributed by atoms with van der Waals surface area (Å²) in [6.45, 7) is -1.45. The van der Waals surface area contributed by atoms with Crippen LogP contribution in [0.2, 0.25) is 0 Å². The summed E-state index contributed by atoms with van der Waals surface area (Å²) >= 11 is 0. The van der Waals surface area contributed by atoms with E-state index >= 15 is 0 Å². The molecule has 8 atom stereocenters. The second-order valence-corrected chi connectivity index (χ2v) is 12.9. The molecule has 44 heavy (non-hydrogen) atoms. The van der Waals surface area contributed by atoms with Crippen LogP contribution in [0.5, 0.6) is 0 Å². The minimum absolute atomic E-state index is 0.0127. The number of aromatic amines is 1. The van der Waals surface area contributed by atoms with Gasteiger partial charge in [0.1, 0.15) is 54.9 Å². The number of nitrogens with zero attached hydrogens (tertiary/aromatic N) is 7. The van der Waals surface area contributed by atoms with Crippen LogP contribution in [0.25, 0.3) is 22.2 Å². The fourth-order valence-corrected chi connectivity index (χ4v) is 7.14. The van der Waals surface area contributed by atoms with Gasteiger partial charge in [-0.15, -0.1) is 9.05 Å². The SMILES string of the molecule is Nc1ncnc2c1ncn2[C@@H]1O[C@@H]2CO[P+](O)(O)O[C@@H]3[C@H](O)[C@@H](CO[P+](O)(O)O[C@H]2[C@H]1O)O[C@H]3n1ncc2c(=O)[nH]cnc21. The Morgan fingerprint density at radius 3 is 2.36 bits per heavy atom. The fraction of sp³-hybridized carbons (Fsp3) is 0.500. The van der Waals surface area contributed by atoms with E-state index in [9.17, 15) is 34.6 Å². The molecule has 0 amide bonds. The zero-order chi connectivity index (χ0) is 31.0. The van der Waals surface area contributed by atoms with E-state index in [1.165, 1.54) is 23.4 Å². The zero-order valence-electron chi connectivity index (χ0n) is 22.0. The lowest BCUT2D eigenvalue weighted by atomic mass is 10.1. The van der Waals surface area contributed by atoms with E-state index in [1.807, 2.05) is 0 Å². The van der Waals surface area contributed by atoms with E-state index in [0.717, 1.165) is 11.0 Å². The van der Waals surface area contributed by atoms with Crippen LogP contribution < -0.4 is 11.3 Å².